The van der Waals surface area contributed by atoms with E-state index in [1.54, 1.807) is 4.90 Å². The van der Waals surface area contributed by atoms with Crippen LogP contribution in [0.5, 0.6) is 0 Å². The predicted molar refractivity (Wildman–Crippen MR) is 135 cm³/mol. The molecule has 1 aliphatic carbocycles. The van der Waals surface area contributed by atoms with Crippen LogP contribution in [0.4, 0.5) is 0 Å². The summed E-state index contributed by atoms with van der Waals surface area (Å²) in [5.41, 5.74) is 3.29. The van der Waals surface area contributed by atoms with E-state index < -0.39 is 6.04 Å². The molecule has 1 fully saturated rings. The van der Waals surface area contributed by atoms with Crippen LogP contribution in [0.1, 0.15) is 75.5 Å². The Hall–Kier alpha value is -2.33. The third kappa shape index (κ3) is 7.33. The highest BCUT2D eigenvalue weighted by molar-refractivity contribution is 6.31. The van der Waals surface area contributed by atoms with E-state index in [1.807, 2.05) is 31.2 Å². The molecule has 0 spiro atoms. The van der Waals surface area contributed by atoms with Crippen molar-refractivity contribution in [2.75, 3.05) is 0 Å². The molecule has 2 aromatic rings. The minimum absolute atomic E-state index is 0.0138. The standard InChI is InChI=1S/C28H37ClN2O2/c1-3-21-14-16-22(17-15-21)18-19-27(32)31(20-23-10-8-9-13-25(23)29)26(4-2)28(33)30-24-11-6-5-7-12-24/h8-10,13-17,24,26H,3-7,11-12,18-20H2,1-2H3,(H,30,33). The van der Waals surface area contributed by atoms with Gasteiger partial charge in [-0.2, -0.15) is 0 Å². The van der Waals surface area contributed by atoms with Gasteiger partial charge in [0, 0.05) is 24.0 Å². The normalized spacial score (nSPS) is 15.1. The van der Waals surface area contributed by atoms with Crippen molar-refractivity contribution < 1.29 is 9.59 Å². The topological polar surface area (TPSA) is 49.4 Å². The van der Waals surface area contributed by atoms with Crippen LogP contribution in [-0.4, -0.2) is 28.8 Å². The van der Waals surface area contributed by atoms with Crippen molar-refractivity contribution in [3.05, 3.63) is 70.2 Å². The van der Waals surface area contributed by atoms with Crippen LogP contribution >= 0.6 is 11.6 Å². The van der Waals surface area contributed by atoms with E-state index in [9.17, 15) is 9.59 Å². The Balaban J connectivity index is 1.74. The largest absolute Gasteiger partial charge is 0.352 e. The maximum Gasteiger partial charge on any atom is 0.243 e. The zero-order valence-electron chi connectivity index (χ0n) is 20.0. The molecule has 1 N–H and O–H groups in total. The van der Waals surface area contributed by atoms with E-state index in [4.69, 9.17) is 11.6 Å². The van der Waals surface area contributed by atoms with E-state index in [-0.39, 0.29) is 17.9 Å². The van der Waals surface area contributed by atoms with Gasteiger partial charge in [-0.3, -0.25) is 9.59 Å². The van der Waals surface area contributed by atoms with Crippen molar-refractivity contribution in [1.82, 2.24) is 10.2 Å². The van der Waals surface area contributed by atoms with E-state index in [2.05, 4.69) is 36.5 Å². The molecular formula is C28H37ClN2O2. The number of hydrogen-bond acceptors (Lipinski definition) is 2. The minimum atomic E-state index is -0.502. The van der Waals surface area contributed by atoms with Crippen molar-refractivity contribution in [2.45, 2.75) is 90.3 Å². The highest BCUT2D eigenvalue weighted by atomic mass is 35.5. The zero-order chi connectivity index (χ0) is 23.6. The molecule has 1 saturated carbocycles. The third-order valence-electron chi connectivity index (χ3n) is 6.69. The molecule has 1 unspecified atom stereocenters. The molecule has 0 bridgehead atoms. The molecule has 1 atom stereocenters. The summed E-state index contributed by atoms with van der Waals surface area (Å²) in [6.45, 7) is 4.44. The summed E-state index contributed by atoms with van der Waals surface area (Å²) in [5, 5.41) is 3.84. The van der Waals surface area contributed by atoms with Crippen LogP contribution < -0.4 is 5.32 Å². The Kier molecular flexibility index (Phi) is 9.80. The lowest BCUT2D eigenvalue weighted by Gasteiger charge is -2.33. The quantitative estimate of drug-likeness (QED) is 0.458. The fraction of sp³-hybridized carbons (Fsp3) is 0.500. The number of carbonyl (C=O) groups excluding carboxylic acids is 2. The molecule has 33 heavy (non-hydrogen) atoms. The van der Waals surface area contributed by atoms with Gasteiger partial charge in [-0.1, -0.05) is 87.2 Å². The van der Waals surface area contributed by atoms with Crippen LogP contribution in [-0.2, 0) is 29.0 Å². The molecule has 3 rings (SSSR count). The van der Waals surface area contributed by atoms with Gasteiger partial charge in [0.2, 0.25) is 11.8 Å². The van der Waals surface area contributed by atoms with Gasteiger partial charge in [-0.05, 0) is 54.9 Å². The van der Waals surface area contributed by atoms with E-state index in [0.717, 1.165) is 43.2 Å². The summed E-state index contributed by atoms with van der Waals surface area (Å²) in [6.07, 6.45) is 8.18. The molecule has 4 nitrogen and oxygen atoms in total. The van der Waals surface area contributed by atoms with Gasteiger partial charge in [0.15, 0.2) is 0 Å². The maximum atomic E-state index is 13.5. The molecule has 178 valence electrons. The molecule has 0 aromatic heterocycles. The molecule has 2 aromatic carbocycles. The van der Waals surface area contributed by atoms with Crippen LogP contribution in [0, 0.1) is 0 Å². The molecule has 0 aliphatic heterocycles. The van der Waals surface area contributed by atoms with E-state index >= 15 is 0 Å². The summed E-state index contributed by atoms with van der Waals surface area (Å²) < 4.78 is 0. The van der Waals surface area contributed by atoms with Gasteiger partial charge in [0.05, 0.1) is 0 Å². The van der Waals surface area contributed by atoms with Gasteiger partial charge < -0.3 is 10.2 Å². The number of amides is 2. The Labute approximate surface area is 203 Å². The average Bonchev–Trinajstić information content (AvgIpc) is 2.84. The Morgan fingerprint density at radius 3 is 2.30 bits per heavy atom. The van der Waals surface area contributed by atoms with E-state index in [1.165, 1.54) is 12.0 Å². The molecule has 0 radical (unpaired) electrons. The number of aryl methyl sites for hydroxylation is 2. The SMILES string of the molecule is CCc1ccc(CCC(=O)N(Cc2ccccc2Cl)C(CC)C(=O)NC2CCCCC2)cc1. The molecule has 0 saturated heterocycles. The summed E-state index contributed by atoms with van der Waals surface area (Å²) >= 11 is 6.42. The number of nitrogens with zero attached hydrogens (tertiary/aromatic N) is 1. The van der Waals surface area contributed by atoms with Crippen LogP contribution in [0.2, 0.25) is 5.02 Å². The van der Waals surface area contributed by atoms with Crippen LogP contribution in [0.25, 0.3) is 0 Å². The second kappa shape index (κ2) is 12.8. The first-order chi connectivity index (χ1) is 16.0. The Morgan fingerprint density at radius 2 is 1.67 bits per heavy atom. The number of rotatable bonds is 10. The van der Waals surface area contributed by atoms with Crippen molar-refractivity contribution in [3.63, 3.8) is 0 Å². The first-order valence-corrected chi connectivity index (χ1v) is 12.8. The van der Waals surface area contributed by atoms with Gasteiger partial charge in [-0.15, -0.1) is 0 Å². The fourth-order valence-corrected chi connectivity index (χ4v) is 4.81. The second-order valence-electron chi connectivity index (χ2n) is 9.05. The lowest BCUT2D eigenvalue weighted by atomic mass is 9.95. The van der Waals surface area contributed by atoms with Gasteiger partial charge in [0.1, 0.15) is 6.04 Å². The number of benzene rings is 2. The van der Waals surface area contributed by atoms with Crippen molar-refractivity contribution in [1.29, 1.82) is 0 Å². The highest BCUT2D eigenvalue weighted by Crippen LogP contribution is 2.22. The Morgan fingerprint density at radius 1 is 1.00 bits per heavy atom. The fourth-order valence-electron chi connectivity index (χ4n) is 4.61. The Bertz CT molecular complexity index is 906. The lowest BCUT2D eigenvalue weighted by molar-refractivity contribution is -0.141. The second-order valence-corrected chi connectivity index (χ2v) is 9.46. The summed E-state index contributed by atoms with van der Waals surface area (Å²) in [4.78, 5) is 28.5. The molecule has 0 heterocycles. The lowest BCUT2D eigenvalue weighted by Crippen LogP contribution is -2.51. The minimum Gasteiger partial charge on any atom is -0.352 e. The molecular weight excluding hydrogens is 432 g/mol. The monoisotopic (exact) mass is 468 g/mol. The zero-order valence-corrected chi connectivity index (χ0v) is 20.7. The number of hydrogen-bond donors (Lipinski definition) is 1. The number of halogens is 1. The van der Waals surface area contributed by atoms with Gasteiger partial charge in [0.25, 0.3) is 0 Å². The van der Waals surface area contributed by atoms with Crippen molar-refractivity contribution in [3.8, 4) is 0 Å². The maximum absolute atomic E-state index is 13.5. The summed E-state index contributed by atoms with van der Waals surface area (Å²) in [5.74, 6) is -0.0581. The molecule has 2 amide bonds. The summed E-state index contributed by atoms with van der Waals surface area (Å²) in [7, 11) is 0. The number of carbonyl (C=O) groups is 2. The molecule has 1 aliphatic rings. The van der Waals surface area contributed by atoms with Crippen molar-refractivity contribution >= 4 is 23.4 Å². The van der Waals surface area contributed by atoms with Crippen LogP contribution in [0.3, 0.4) is 0 Å². The summed E-state index contributed by atoms with van der Waals surface area (Å²) in [6, 6.07) is 15.7. The van der Waals surface area contributed by atoms with Crippen molar-refractivity contribution in [2.24, 2.45) is 0 Å². The average molecular weight is 469 g/mol. The van der Waals surface area contributed by atoms with Crippen LogP contribution in [0.15, 0.2) is 48.5 Å². The number of nitrogens with one attached hydrogen (secondary N) is 1. The highest BCUT2D eigenvalue weighted by Gasteiger charge is 2.30. The first-order valence-electron chi connectivity index (χ1n) is 12.4. The predicted octanol–water partition coefficient (Wildman–Crippen LogP) is 6.09. The van der Waals surface area contributed by atoms with E-state index in [0.29, 0.717) is 30.8 Å². The smallest absolute Gasteiger partial charge is 0.243 e. The van der Waals surface area contributed by atoms with Gasteiger partial charge >= 0.3 is 0 Å². The first kappa shape index (κ1) is 25.3. The van der Waals surface area contributed by atoms with Gasteiger partial charge in [-0.25, -0.2) is 0 Å². The third-order valence-corrected chi connectivity index (χ3v) is 7.06. The molecule has 5 heteroatoms.